The molecule has 6 nitrogen and oxygen atoms in total. The Morgan fingerprint density at radius 1 is 1.18 bits per heavy atom. The van der Waals surface area contributed by atoms with Crippen LogP contribution in [0.3, 0.4) is 0 Å². The molecule has 0 unspecified atom stereocenters. The van der Waals surface area contributed by atoms with Crippen LogP contribution in [0.1, 0.15) is 34.3 Å². The van der Waals surface area contributed by atoms with Gasteiger partial charge in [0.05, 0.1) is 11.4 Å². The van der Waals surface area contributed by atoms with E-state index in [9.17, 15) is 9.59 Å². The molecule has 2 aromatic rings. The fourth-order valence-corrected chi connectivity index (χ4v) is 3.98. The van der Waals surface area contributed by atoms with E-state index in [2.05, 4.69) is 32.6 Å². The van der Waals surface area contributed by atoms with Gasteiger partial charge < -0.3 is 20.4 Å². The molecule has 4 rings (SSSR count). The molecule has 0 aromatic heterocycles. The summed E-state index contributed by atoms with van der Waals surface area (Å²) in [6, 6.07) is 13.7. The predicted octanol–water partition coefficient (Wildman–Crippen LogP) is 2.60. The van der Waals surface area contributed by atoms with Gasteiger partial charge in [0.15, 0.2) is 0 Å². The SMILES string of the molecule is CN(C)Cc1ccc(CNC(=O)c2ccc3c(c2)NC(=O)[C@H]2CCCN32)cc1. The third-order valence-electron chi connectivity index (χ3n) is 5.36. The Labute approximate surface area is 165 Å². The number of nitrogens with one attached hydrogen (secondary N) is 2. The zero-order valence-corrected chi connectivity index (χ0v) is 16.4. The highest BCUT2D eigenvalue weighted by molar-refractivity contribution is 6.06. The third-order valence-corrected chi connectivity index (χ3v) is 5.36. The van der Waals surface area contributed by atoms with E-state index in [0.717, 1.165) is 42.9 Å². The lowest BCUT2D eigenvalue weighted by molar-refractivity contribution is -0.117. The second-order valence-electron chi connectivity index (χ2n) is 7.81. The maximum atomic E-state index is 12.6. The first-order valence-corrected chi connectivity index (χ1v) is 9.73. The summed E-state index contributed by atoms with van der Waals surface area (Å²) in [5.41, 5.74) is 4.59. The topological polar surface area (TPSA) is 64.7 Å². The molecule has 0 bridgehead atoms. The maximum Gasteiger partial charge on any atom is 0.251 e. The average Bonchev–Trinajstić information content (AvgIpc) is 3.17. The highest BCUT2D eigenvalue weighted by Gasteiger charge is 2.36. The highest BCUT2D eigenvalue weighted by atomic mass is 16.2. The number of carbonyl (C=O) groups excluding carboxylic acids is 2. The lowest BCUT2D eigenvalue weighted by Gasteiger charge is -2.33. The van der Waals surface area contributed by atoms with Gasteiger partial charge in [-0.15, -0.1) is 0 Å². The van der Waals surface area contributed by atoms with E-state index in [0.29, 0.717) is 12.1 Å². The van der Waals surface area contributed by atoms with E-state index in [1.165, 1.54) is 5.56 Å². The van der Waals surface area contributed by atoms with Crippen LogP contribution in [0.4, 0.5) is 11.4 Å². The van der Waals surface area contributed by atoms with Crippen LogP contribution in [0.2, 0.25) is 0 Å². The van der Waals surface area contributed by atoms with E-state index < -0.39 is 0 Å². The summed E-state index contributed by atoms with van der Waals surface area (Å²) in [4.78, 5) is 29.1. The molecule has 6 heteroatoms. The van der Waals surface area contributed by atoms with Gasteiger partial charge in [-0.25, -0.2) is 0 Å². The normalized spacial score (nSPS) is 17.9. The molecule has 1 saturated heterocycles. The quantitative estimate of drug-likeness (QED) is 0.839. The van der Waals surface area contributed by atoms with Gasteiger partial charge in [0, 0.05) is 25.2 Å². The Hall–Kier alpha value is -2.86. The molecular weight excluding hydrogens is 352 g/mol. The zero-order valence-electron chi connectivity index (χ0n) is 16.4. The molecule has 1 atom stereocenters. The van der Waals surface area contributed by atoms with Gasteiger partial charge in [-0.1, -0.05) is 24.3 Å². The monoisotopic (exact) mass is 378 g/mol. The minimum absolute atomic E-state index is 0.0281. The second kappa shape index (κ2) is 7.64. The molecule has 2 aliphatic heterocycles. The standard InChI is InChI=1S/C22H26N4O2/c1-25(2)14-16-7-5-15(6-8-16)13-23-21(27)17-9-10-19-18(12-17)24-22(28)20-4-3-11-26(19)20/h5-10,12,20H,3-4,11,13-14H2,1-2H3,(H,23,27)(H,24,28)/t20-/m1/s1. The minimum Gasteiger partial charge on any atom is -0.358 e. The zero-order chi connectivity index (χ0) is 19.7. The Morgan fingerprint density at radius 2 is 1.93 bits per heavy atom. The number of nitrogens with zero attached hydrogens (tertiary/aromatic N) is 2. The van der Waals surface area contributed by atoms with Gasteiger partial charge in [-0.05, 0) is 56.3 Å². The number of amides is 2. The minimum atomic E-state index is -0.141. The van der Waals surface area contributed by atoms with Gasteiger partial charge in [0.1, 0.15) is 6.04 Å². The van der Waals surface area contributed by atoms with E-state index in [-0.39, 0.29) is 17.9 Å². The molecule has 2 amide bonds. The van der Waals surface area contributed by atoms with Crippen molar-refractivity contribution in [2.24, 2.45) is 0 Å². The Kier molecular flexibility index (Phi) is 5.05. The molecule has 1 fully saturated rings. The summed E-state index contributed by atoms with van der Waals surface area (Å²) in [6.45, 7) is 2.25. The summed E-state index contributed by atoms with van der Waals surface area (Å²) in [5.74, 6) is -0.113. The van der Waals surface area contributed by atoms with Crippen molar-refractivity contribution in [2.75, 3.05) is 30.9 Å². The molecule has 146 valence electrons. The summed E-state index contributed by atoms with van der Waals surface area (Å²) < 4.78 is 0. The van der Waals surface area contributed by atoms with Gasteiger partial charge in [0.2, 0.25) is 5.91 Å². The van der Waals surface area contributed by atoms with Crippen LogP contribution in [0, 0.1) is 0 Å². The maximum absolute atomic E-state index is 12.6. The number of rotatable bonds is 5. The van der Waals surface area contributed by atoms with Crippen LogP contribution in [-0.4, -0.2) is 43.4 Å². The van der Waals surface area contributed by atoms with E-state index in [1.807, 2.05) is 38.4 Å². The van der Waals surface area contributed by atoms with E-state index in [1.54, 1.807) is 6.07 Å². The first-order valence-electron chi connectivity index (χ1n) is 9.73. The average molecular weight is 378 g/mol. The van der Waals surface area contributed by atoms with Crippen molar-refractivity contribution < 1.29 is 9.59 Å². The summed E-state index contributed by atoms with van der Waals surface area (Å²) in [7, 11) is 4.08. The second-order valence-corrected chi connectivity index (χ2v) is 7.81. The van der Waals surface area contributed by atoms with Gasteiger partial charge in [0.25, 0.3) is 5.91 Å². The molecule has 2 N–H and O–H groups in total. The molecule has 0 radical (unpaired) electrons. The molecule has 0 spiro atoms. The van der Waals surface area contributed by atoms with Crippen molar-refractivity contribution in [1.82, 2.24) is 10.2 Å². The number of fused-ring (bicyclic) bond motifs is 3. The Bertz CT molecular complexity index is 892. The molecule has 0 saturated carbocycles. The van der Waals surface area contributed by atoms with Crippen LogP contribution in [0.25, 0.3) is 0 Å². The van der Waals surface area contributed by atoms with Crippen molar-refractivity contribution in [2.45, 2.75) is 32.0 Å². The molecule has 2 aromatic carbocycles. The number of hydrogen-bond donors (Lipinski definition) is 2. The van der Waals surface area contributed by atoms with Crippen molar-refractivity contribution in [3.8, 4) is 0 Å². The molecule has 2 aliphatic rings. The lowest BCUT2D eigenvalue weighted by Crippen LogP contribution is -2.44. The van der Waals surface area contributed by atoms with Crippen LogP contribution >= 0.6 is 0 Å². The third kappa shape index (κ3) is 3.73. The lowest BCUT2D eigenvalue weighted by atomic mass is 10.1. The summed E-state index contributed by atoms with van der Waals surface area (Å²) in [6.07, 6.45) is 1.91. The van der Waals surface area contributed by atoms with Crippen LogP contribution in [0.15, 0.2) is 42.5 Å². The first-order chi connectivity index (χ1) is 13.5. The first kappa shape index (κ1) is 18.5. The summed E-state index contributed by atoms with van der Waals surface area (Å²) >= 11 is 0. The number of anilines is 2. The van der Waals surface area contributed by atoms with Crippen molar-refractivity contribution in [1.29, 1.82) is 0 Å². The fraction of sp³-hybridized carbons (Fsp3) is 0.364. The smallest absolute Gasteiger partial charge is 0.251 e. The van der Waals surface area contributed by atoms with Gasteiger partial charge in [-0.3, -0.25) is 9.59 Å². The number of benzene rings is 2. The molecule has 0 aliphatic carbocycles. The predicted molar refractivity (Wildman–Crippen MR) is 110 cm³/mol. The number of carbonyl (C=O) groups is 2. The highest BCUT2D eigenvalue weighted by Crippen LogP contribution is 2.37. The molecule has 2 heterocycles. The molecular formula is C22H26N4O2. The van der Waals surface area contributed by atoms with Crippen molar-refractivity contribution in [3.05, 3.63) is 59.2 Å². The fourth-order valence-electron chi connectivity index (χ4n) is 3.98. The van der Waals surface area contributed by atoms with Crippen LogP contribution in [-0.2, 0) is 17.9 Å². The number of hydrogen-bond acceptors (Lipinski definition) is 4. The van der Waals surface area contributed by atoms with Gasteiger partial charge in [-0.2, -0.15) is 0 Å². The Balaban J connectivity index is 1.42. The Morgan fingerprint density at radius 3 is 2.68 bits per heavy atom. The largest absolute Gasteiger partial charge is 0.358 e. The van der Waals surface area contributed by atoms with E-state index >= 15 is 0 Å². The van der Waals surface area contributed by atoms with Crippen molar-refractivity contribution in [3.63, 3.8) is 0 Å². The summed E-state index contributed by atoms with van der Waals surface area (Å²) in [5, 5.41) is 5.92. The van der Waals surface area contributed by atoms with Crippen LogP contribution in [0.5, 0.6) is 0 Å². The van der Waals surface area contributed by atoms with Crippen molar-refractivity contribution >= 4 is 23.2 Å². The van der Waals surface area contributed by atoms with Gasteiger partial charge >= 0.3 is 0 Å². The van der Waals surface area contributed by atoms with Crippen LogP contribution < -0.4 is 15.5 Å². The molecule has 28 heavy (non-hydrogen) atoms. The van der Waals surface area contributed by atoms with E-state index in [4.69, 9.17) is 0 Å².